The van der Waals surface area contributed by atoms with Crippen molar-refractivity contribution in [3.8, 4) is 0 Å². The molecule has 1 aromatic carbocycles. The van der Waals surface area contributed by atoms with E-state index < -0.39 is 4.92 Å². The van der Waals surface area contributed by atoms with Gasteiger partial charge in [-0.3, -0.25) is 15.5 Å². The second-order valence-electron chi connectivity index (χ2n) is 5.14. The van der Waals surface area contributed by atoms with Gasteiger partial charge in [0, 0.05) is 17.1 Å². The Labute approximate surface area is 139 Å². The van der Waals surface area contributed by atoms with Crippen LogP contribution in [0.15, 0.2) is 23.3 Å². The summed E-state index contributed by atoms with van der Waals surface area (Å²) in [5.41, 5.74) is 2.96. The first-order valence-corrected chi connectivity index (χ1v) is 7.88. The molecule has 1 aliphatic carbocycles. The number of hydrogen-bond acceptors (Lipinski definition) is 4. The van der Waals surface area contributed by atoms with Crippen LogP contribution in [0, 0.1) is 10.1 Å². The molecule has 2 N–H and O–H groups in total. The fraction of sp³-hybridized carbons (Fsp3) is 0.429. The summed E-state index contributed by atoms with van der Waals surface area (Å²) in [6.07, 6.45) is 7.24. The van der Waals surface area contributed by atoms with E-state index in [1.54, 1.807) is 0 Å². The van der Waals surface area contributed by atoms with Crippen molar-refractivity contribution in [2.75, 3.05) is 0 Å². The van der Waals surface area contributed by atoms with Gasteiger partial charge in [-0.25, -0.2) is 0 Å². The van der Waals surface area contributed by atoms with Crippen LogP contribution in [-0.4, -0.2) is 22.3 Å². The summed E-state index contributed by atoms with van der Waals surface area (Å²) in [4.78, 5) is 10.5. The van der Waals surface area contributed by atoms with E-state index >= 15 is 0 Å². The SMILES string of the molecule is O=[N+]([O-])c1ccc(Cl)cc1/C=N/NC(=S)NC1CCCCC1. The first kappa shape index (κ1) is 16.6. The minimum atomic E-state index is -0.476. The maximum Gasteiger partial charge on any atom is 0.278 e. The van der Waals surface area contributed by atoms with Gasteiger partial charge in [-0.05, 0) is 37.2 Å². The summed E-state index contributed by atoms with van der Waals surface area (Å²) in [7, 11) is 0. The molecule has 0 amide bonds. The van der Waals surface area contributed by atoms with Gasteiger partial charge < -0.3 is 5.32 Å². The van der Waals surface area contributed by atoms with Crippen molar-refractivity contribution in [1.82, 2.24) is 10.7 Å². The third-order valence-electron chi connectivity index (χ3n) is 3.50. The molecular weight excluding hydrogens is 324 g/mol. The van der Waals surface area contributed by atoms with Crippen LogP contribution >= 0.6 is 23.8 Å². The van der Waals surface area contributed by atoms with Gasteiger partial charge in [0.05, 0.1) is 16.7 Å². The molecular formula is C14H17ClN4O2S. The molecule has 0 bridgehead atoms. The van der Waals surface area contributed by atoms with E-state index in [2.05, 4.69) is 15.8 Å². The van der Waals surface area contributed by atoms with E-state index in [4.69, 9.17) is 23.8 Å². The minimum Gasteiger partial charge on any atom is -0.359 e. The average Bonchev–Trinajstić information content (AvgIpc) is 2.48. The van der Waals surface area contributed by atoms with Gasteiger partial charge in [0.15, 0.2) is 5.11 Å². The molecule has 0 radical (unpaired) electrons. The highest BCUT2D eigenvalue weighted by atomic mass is 35.5. The van der Waals surface area contributed by atoms with Gasteiger partial charge in [-0.15, -0.1) is 0 Å². The highest BCUT2D eigenvalue weighted by Gasteiger charge is 2.14. The van der Waals surface area contributed by atoms with Crippen LogP contribution < -0.4 is 10.7 Å². The fourth-order valence-electron chi connectivity index (χ4n) is 2.42. The number of hydrogen-bond donors (Lipinski definition) is 2. The molecule has 22 heavy (non-hydrogen) atoms. The van der Waals surface area contributed by atoms with Gasteiger partial charge in [-0.1, -0.05) is 30.9 Å². The Kier molecular flexibility index (Phi) is 6.09. The van der Waals surface area contributed by atoms with Crippen molar-refractivity contribution in [1.29, 1.82) is 0 Å². The van der Waals surface area contributed by atoms with Crippen molar-refractivity contribution in [2.45, 2.75) is 38.1 Å². The van der Waals surface area contributed by atoms with Crippen molar-refractivity contribution < 1.29 is 4.92 Å². The molecule has 1 fully saturated rings. The van der Waals surface area contributed by atoms with Crippen LogP contribution in [0.2, 0.25) is 5.02 Å². The molecule has 0 unspecified atom stereocenters. The molecule has 0 aromatic heterocycles. The molecule has 1 aromatic rings. The predicted octanol–water partition coefficient (Wildman–Crippen LogP) is 3.38. The molecule has 0 saturated heterocycles. The number of rotatable bonds is 4. The van der Waals surface area contributed by atoms with Crippen molar-refractivity contribution in [2.24, 2.45) is 5.10 Å². The van der Waals surface area contributed by atoms with E-state index in [1.165, 1.54) is 43.7 Å². The third kappa shape index (κ3) is 4.92. The van der Waals surface area contributed by atoms with E-state index in [0.717, 1.165) is 12.8 Å². The van der Waals surface area contributed by atoms with Crippen LogP contribution in [0.3, 0.4) is 0 Å². The third-order valence-corrected chi connectivity index (χ3v) is 3.94. The van der Waals surface area contributed by atoms with Crippen LogP contribution in [0.25, 0.3) is 0 Å². The van der Waals surface area contributed by atoms with Crippen LogP contribution in [0.1, 0.15) is 37.7 Å². The number of halogens is 1. The Morgan fingerprint density at radius 2 is 2.14 bits per heavy atom. The Bertz CT molecular complexity index is 588. The number of benzene rings is 1. The highest BCUT2D eigenvalue weighted by Crippen LogP contribution is 2.21. The monoisotopic (exact) mass is 340 g/mol. The molecule has 118 valence electrons. The van der Waals surface area contributed by atoms with Crippen molar-refractivity contribution in [3.05, 3.63) is 38.9 Å². The van der Waals surface area contributed by atoms with Gasteiger partial charge in [0.1, 0.15) is 0 Å². The fourth-order valence-corrected chi connectivity index (χ4v) is 2.82. The number of thiocarbonyl (C=S) groups is 1. The maximum atomic E-state index is 10.9. The molecule has 8 heteroatoms. The smallest absolute Gasteiger partial charge is 0.278 e. The molecule has 6 nitrogen and oxygen atoms in total. The topological polar surface area (TPSA) is 79.6 Å². The first-order chi connectivity index (χ1) is 10.6. The standard InChI is InChI=1S/C14H17ClN4O2S/c15-11-6-7-13(19(20)21)10(8-11)9-16-18-14(22)17-12-4-2-1-3-5-12/h6-9,12H,1-5H2,(H2,17,18,22)/b16-9+. The lowest BCUT2D eigenvalue weighted by atomic mass is 9.96. The lowest BCUT2D eigenvalue weighted by molar-refractivity contribution is -0.385. The van der Waals surface area contributed by atoms with Crippen LogP contribution in [0.4, 0.5) is 5.69 Å². The Morgan fingerprint density at radius 3 is 2.82 bits per heavy atom. The molecule has 2 rings (SSSR count). The molecule has 0 heterocycles. The number of nitro groups is 1. The van der Waals surface area contributed by atoms with Gasteiger partial charge in [-0.2, -0.15) is 5.10 Å². The summed E-state index contributed by atoms with van der Waals surface area (Å²) in [5, 5.41) is 18.9. The summed E-state index contributed by atoms with van der Waals surface area (Å²) in [5.74, 6) is 0. The quantitative estimate of drug-likeness (QED) is 0.380. The molecule has 0 spiro atoms. The number of nitro benzene ring substituents is 1. The average molecular weight is 341 g/mol. The zero-order valence-corrected chi connectivity index (χ0v) is 13.5. The summed E-state index contributed by atoms with van der Waals surface area (Å²) >= 11 is 11.0. The van der Waals surface area contributed by atoms with E-state index in [1.807, 2.05) is 0 Å². The lowest BCUT2D eigenvalue weighted by Crippen LogP contribution is -2.40. The summed E-state index contributed by atoms with van der Waals surface area (Å²) in [6.45, 7) is 0. The molecule has 0 aliphatic heterocycles. The number of hydrazone groups is 1. The first-order valence-electron chi connectivity index (χ1n) is 7.10. The normalized spacial score (nSPS) is 15.7. The Hall–Kier alpha value is -1.73. The second-order valence-corrected chi connectivity index (χ2v) is 5.98. The number of nitrogens with one attached hydrogen (secondary N) is 2. The van der Waals surface area contributed by atoms with Gasteiger partial charge >= 0.3 is 0 Å². The second kappa shape index (κ2) is 8.05. The Balaban J connectivity index is 1.93. The van der Waals surface area contributed by atoms with E-state index in [0.29, 0.717) is 21.7 Å². The van der Waals surface area contributed by atoms with Crippen molar-refractivity contribution >= 4 is 40.8 Å². The lowest BCUT2D eigenvalue weighted by Gasteiger charge is -2.23. The van der Waals surface area contributed by atoms with Crippen molar-refractivity contribution in [3.63, 3.8) is 0 Å². The van der Waals surface area contributed by atoms with Crippen LogP contribution in [0.5, 0.6) is 0 Å². The van der Waals surface area contributed by atoms with Gasteiger partial charge in [0.25, 0.3) is 5.69 Å². The Morgan fingerprint density at radius 1 is 1.41 bits per heavy atom. The van der Waals surface area contributed by atoms with Gasteiger partial charge in [0.2, 0.25) is 0 Å². The minimum absolute atomic E-state index is 0.0545. The summed E-state index contributed by atoms with van der Waals surface area (Å²) in [6, 6.07) is 4.69. The number of nitrogens with zero attached hydrogens (tertiary/aromatic N) is 2. The highest BCUT2D eigenvalue weighted by molar-refractivity contribution is 7.80. The van der Waals surface area contributed by atoms with Crippen LogP contribution in [-0.2, 0) is 0 Å². The zero-order chi connectivity index (χ0) is 15.9. The summed E-state index contributed by atoms with van der Waals surface area (Å²) < 4.78 is 0. The molecule has 1 saturated carbocycles. The maximum absolute atomic E-state index is 10.9. The molecule has 0 atom stereocenters. The largest absolute Gasteiger partial charge is 0.359 e. The van der Waals surface area contributed by atoms with E-state index in [9.17, 15) is 10.1 Å². The predicted molar refractivity (Wildman–Crippen MR) is 91.4 cm³/mol. The molecule has 1 aliphatic rings. The zero-order valence-electron chi connectivity index (χ0n) is 11.9. The van der Waals surface area contributed by atoms with E-state index in [-0.39, 0.29) is 5.69 Å².